The van der Waals surface area contributed by atoms with Crippen molar-refractivity contribution in [3.05, 3.63) is 46.8 Å². The molecule has 152 valence electrons. The van der Waals surface area contributed by atoms with Crippen LogP contribution in [0.1, 0.15) is 35.7 Å². The first-order valence-electron chi connectivity index (χ1n) is 10.1. The number of aromatic nitrogens is 4. The molecule has 1 aliphatic heterocycles. The van der Waals surface area contributed by atoms with E-state index in [4.69, 9.17) is 0 Å². The first kappa shape index (κ1) is 18.6. The second kappa shape index (κ2) is 6.82. The number of benzene rings is 1. The molecule has 0 saturated heterocycles. The fraction of sp³-hybridized carbons (Fsp3) is 0.364. The van der Waals surface area contributed by atoms with Crippen LogP contribution >= 0.6 is 0 Å². The lowest BCUT2D eigenvalue weighted by Gasteiger charge is -2.21. The first-order chi connectivity index (χ1) is 14.5. The number of nitriles is 1. The highest BCUT2D eigenvalue weighted by atomic mass is 16.3. The number of rotatable bonds is 4. The predicted octanol–water partition coefficient (Wildman–Crippen LogP) is 2.66. The van der Waals surface area contributed by atoms with E-state index >= 15 is 0 Å². The third-order valence-corrected chi connectivity index (χ3v) is 6.21. The van der Waals surface area contributed by atoms with Gasteiger partial charge in [0.25, 0.3) is 0 Å². The molecule has 30 heavy (non-hydrogen) atoms. The van der Waals surface area contributed by atoms with Crippen molar-refractivity contribution < 1.29 is 5.11 Å². The van der Waals surface area contributed by atoms with Gasteiger partial charge in [0.2, 0.25) is 5.95 Å². The maximum atomic E-state index is 9.92. The number of nitrogens with zero attached hydrogens (tertiary/aromatic N) is 5. The summed E-state index contributed by atoms with van der Waals surface area (Å²) in [6.45, 7) is 2.59. The van der Waals surface area contributed by atoms with Gasteiger partial charge in [-0.1, -0.05) is 6.92 Å². The van der Waals surface area contributed by atoms with Crippen molar-refractivity contribution in [3.63, 3.8) is 0 Å². The Kier molecular flexibility index (Phi) is 4.22. The number of aliphatic hydroxyl groups excluding tert-OH is 1. The molecule has 2 aliphatic rings. The predicted molar refractivity (Wildman–Crippen MR) is 114 cm³/mol. The monoisotopic (exact) mass is 401 g/mol. The lowest BCUT2D eigenvalue weighted by Crippen LogP contribution is -2.28. The molecular weight excluding hydrogens is 378 g/mol. The lowest BCUT2D eigenvalue weighted by atomic mass is 9.83. The zero-order chi connectivity index (χ0) is 20.9. The summed E-state index contributed by atoms with van der Waals surface area (Å²) in [5.41, 5.74) is 5.90. The fourth-order valence-corrected chi connectivity index (χ4v) is 4.46. The standard InChI is InChI=1S/C22H23N7O/c1-22(12-30)11-25-19-14(10-23)8-13(9-16(19)22)17-6-7-24-21(26-17)27-20-15-4-3-5-18(15)29(2)28-20/h6-9,25,30H,3-5,11-12H2,1-2H3,(H,24,26,27,28). The van der Waals surface area contributed by atoms with Gasteiger partial charge in [-0.25, -0.2) is 9.97 Å². The Morgan fingerprint density at radius 1 is 1.37 bits per heavy atom. The SMILES string of the molecule is Cn1nc(Nc2nccc(-c3cc(C#N)c4c(c3)C(C)(CO)CN4)n2)c2c1CCC2. The number of aliphatic hydroxyl groups is 1. The van der Waals surface area contributed by atoms with Crippen LogP contribution in [0.5, 0.6) is 0 Å². The van der Waals surface area contributed by atoms with Gasteiger partial charge < -0.3 is 15.7 Å². The van der Waals surface area contributed by atoms with Crippen LogP contribution in [0.3, 0.4) is 0 Å². The lowest BCUT2D eigenvalue weighted by molar-refractivity contribution is 0.219. The molecule has 5 rings (SSSR count). The van der Waals surface area contributed by atoms with E-state index in [0.717, 1.165) is 41.9 Å². The van der Waals surface area contributed by atoms with Crippen LogP contribution in [0.15, 0.2) is 24.4 Å². The first-order valence-corrected chi connectivity index (χ1v) is 10.1. The molecule has 0 radical (unpaired) electrons. The van der Waals surface area contributed by atoms with E-state index < -0.39 is 5.41 Å². The van der Waals surface area contributed by atoms with E-state index in [9.17, 15) is 10.4 Å². The van der Waals surface area contributed by atoms with Gasteiger partial charge in [0, 0.05) is 42.0 Å². The highest BCUT2D eigenvalue weighted by molar-refractivity contribution is 5.76. The van der Waals surface area contributed by atoms with Crippen LogP contribution < -0.4 is 10.6 Å². The number of nitrogens with one attached hydrogen (secondary N) is 2. The second-order valence-electron chi connectivity index (χ2n) is 8.27. The van der Waals surface area contributed by atoms with Crippen molar-refractivity contribution >= 4 is 17.5 Å². The minimum Gasteiger partial charge on any atom is -0.395 e. The van der Waals surface area contributed by atoms with Crippen LogP contribution in [0.25, 0.3) is 11.3 Å². The molecule has 1 unspecified atom stereocenters. The van der Waals surface area contributed by atoms with E-state index in [1.807, 2.05) is 36.9 Å². The smallest absolute Gasteiger partial charge is 0.228 e. The van der Waals surface area contributed by atoms with Crippen molar-refractivity contribution in [2.24, 2.45) is 7.05 Å². The van der Waals surface area contributed by atoms with Crippen molar-refractivity contribution in [2.75, 3.05) is 23.8 Å². The summed E-state index contributed by atoms with van der Waals surface area (Å²) in [5, 5.41) is 30.7. The topological polar surface area (TPSA) is 112 Å². The van der Waals surface area contributed by atoms with Crippen LogP contribution in [0, 0.1) is 11.3 Å². The molecule has 0 amide bonds. The van der Waals surface area contributed by atoms with E-state index in [2.05, 4.69) is 31.8 Å². The number of hydrogen-bond donors (Lipinski definition) is 3. The van der Waals surface area contributed by atoms with E-state index in [0.29, 0.717) is 23.8 Å². The third kappa shape index (κ3) is 2.82. The van der Waals surface area contributed by atoms with Gasteiger partial charge in [0.05, 0.1) is 23.6 Å². The second-order valence-corrected chi connectivity index (χ2v) is 8.27. The number of aryl methyl sites for hydroxylation is 1. The van der Waals surface area contributed by atoms with E-state index in [-0.39, 0.29) is 6.61 Å². The Morgan fingerprint density at radius 3 is 3.03 bits per heavy atom. The highest BCUT2D eigenvalue weighted by Crippen LogP contribution is 2.41. The molecule has 3 heterocycles. The molecule has 0 saturated carbocycles. The van der Waals surface area contributed by atoms with Crippen LogP contribution in [-0.2, 0) is 25.3 Å². The number of anilines is 3. The molecule has 0 bridgehead atoms. The van der Waals surface area contributed by atoms with Gasteiger partial charge in [-0.05, 0) is 43.0 Å². The zero-order valence-corrected chi connectivity index (χ0v) is 17.0. The Morgan fingerprint density at radius 2 is 2.23 bits per heavy atom. The van der Waals surface area contributed by atoms with E-state index in [1.165, 1.54) is 11.3 Å². The minimum atomic E-state index is -0.431. The fourth-order valence-electron chi connectivity index (χ4n) is 4.46. The van der Waals surface area contributed by atoms with Crippen molar-refractivity contribution in [2.45, 2.75) is 31.6 Å². The Bertz CT molecular complexity index is 1190. The average molecular weight is 401 g/mol. The van der Waals surface area contributed by atoms with Crippen molar-refractivity contribution in [3.8, 4) is 17.3 Å². The van der Waals surface area contributed by atoms with Crippen molar-refractivity contribution in [1.29, 1.82) is 5.26 Å². The zero-order valence-electron chi connectivity index (χ0n) is 17.0. The summed E-state index contributed by atoms with van der Waals surface area (Å²) in [5.74, 6) is 1.29. The summed E-state index contributed by atoms with van der Waals surface area (Å²) in [6, 6.07) is 7.94. The minimum absolute atomic E-state index is 0.00267. The normalized spacial score (nSPS) is 19.1. The molecule has 0 fully saturated rings. The molecular formula is C22H23N7O. The Balaban J connectivity index is 1.53. The largest absolute Gasteiger partial charge is 0.395 e. The Hall–Kier alpha value is -3.44. The van der Waals surface area contributed by atoms with Gasteiger partial charge in [0.15, 0.2) is 5.82 Å². The molecule has 8 nitrogen and oxygen atoms in total. The van der Waals surface area contributed by atoms with Crippen LogP contribution in [0.4, 0.5) is 17.5 Å². The van der Waals surface area contributed by atoms with Crippen molar-refractivity contribution in [1.82, 2.24) is 19.7 Å². The number of hydrogen-bond acceptors (Lipinski definition) is 7. The molecule has 1 atom stereocenters. The number of fused-ring (bicyclic) bond motifs is 2. The molecule has 0 spiro atoms. The van der Waals surface area contributed by atoms with Gasteiger partial charge in [0.1, 0.15) is 6.07 Å². The summed E-state index contributed by atoms with van der Waals surface area (Å²) < 4.78 is 1.93. The van der Waals surface area contributed by atoms with Gasteiger partial charge in [-0.2, -0.15) is 10.4 Å². The van der Waals surface area contributed by atoms with Gasteiger partial charge in [-0.3, -0.25) is 4.68 Å². The summed E-state index contributed by atoms with van der Waals surface area (Å²) >= 11 is 0. The average Bonchev–Trinajstić information content (AvgIpc) is 3.45. The quantitative estimate of drug-likeness (QED) is 0.616. The summed E-state index contributed by atoms with van der Waals surface area (Å²) in [6.07, 6.45) is 4.90. The molecule has 1 aliphatic carbocycles. The molecule has 8 heteroatoms. The van der Waals surface area contributed by atoms with Gasteiger partial charge in [-0.15, -0.1) is 0 Å². The molecule has 3 aromatic rings. The Labute approximate surface area is 174 Å². The highest BCUT2D eigenvalue weighted by Gasteiger charge is 2.36. The maximum Gasteiger partial charge on any atom is 0.228 e. The summed E-state index contributed by atoms with van der Waals surface area (Å²) in [4.78, 5) is 9.05. The van der Waals surface area contributed by atoms with Gasteiger partial charge >= 0.3 is 0 Å². The van der Waals surface area contributed by atoms with E-state index in [1.54, 1.807) is 6.20 Å². The van der Waals surface area contributed by atoms with Crippen LogP contribution in [0.2, 0.25) is 0 Å². The van der Waals surface area contributed by atoms with Crippen LogP contribution in [-0.4, -0.2) is 38.0 Å². The third-order valence-electron chi connectivity index (χ3n) is 6.21. The molecule has 3 N–H and O–H groups in total. The molecule has 2 aromatic heterocycles. The maximum absolute atomic E-state index is 9.92. The molecule has 1 aromatic carbocycles. The summed E-state index contributed by atoms with van der Waals surface area (Å²) in [7, 11) is 1.97.